The van der Waals surface area contributed by atoms with Crippen LogP contribution in [0, 0.1) is 0 Å². The number of nitrogens with zero attached hydrogens (tertiary/aromatic N) is 4. The van der Waals surface area contributed by atoms with Gasteiger partial charge < -0.3 is 14.8 Å². The zero-order valence-corrected chi connectivity index (χ0v) is 13.4. The van der Waals surface area contributed by atoms with E-state index >= 15 is 0 Å². The van der Waals surface area contributed by atoms with Crippen LogP contribution in [-0.2, 0) is 11.3 Å². The average Bonchev–Trinajstić information content (AvgIpc) is 2.63. The summed E-state index contributed by atoms with van der Waals surface area (Å²) in [5.74, 6) is 0.853. The second-order valence-electron chi connectivity index (χ2n) is 5.37. The molecule has 1 aliphatic heterocycles. The molecule has 0 aliphatic carbocycles. The van der Waals surface area contributed by atoms with Gasteiger partial charge in [0, 0.05) is 44.6 Å². The molecule has 0 bridgehead atoms. The van der Waals surface area contributed by atoms with Crippen molar-refractivity contribution in [2.75, 3.05) is 39.2 Å². The van der Waals surface area contributed by atoms with E-state index in [1.807, 2.05) is 25.2 Å². The molecule has 0 amide bonds. The predicted molar refractivity (Wildman–Crippen MR) is 86.3 cm³/mol. The van der Waals surface area contributed by atoms with Crippen LogP contribution in [0.3, 0.4) is 0 Å². The second-order valence-corrected chi connectivity index (χ2v) is 5.37. The molecule has 1 N–H and O–H groups in total. The molecule has 1 atom stereocenters. The number of morpholine rings is 1. The van der Waals surface area contributed by atoms with Gasteiger partial charge in [0.05, 0.1) is 19.4 Å². The highest BCUT2D eigenvalue weighted by Crippen LogP contribution is 2.22. The highest BCUT2D eigenvalue weighted by Gasteiger charge is 2.23. The summed E-state index contributed by atoms with van der Waals surface area (Å²) in [4.78, 5) is 15.2. The third-order valence-electron chi connectivity index (χ3n) is 3.78. The molecule has 1 saturated heterocycles. The van der Waals surface area contributed by atoms with Crippen LogP contribution in [0.5, 0.6) is 6.01 Å². The van der Waals surface area contributed by atoms with Crippen LogP contribution in [0.15, 0.2) is 30.6 Å². The van der Waals surface area contributed by atoms with E-state index in [-0.39, 0.29) is 6.10 Å². The SMILES string of the molecule is CNc1cccc([C@H]2CN(Cc3cnc(OC)nc3)CCO2)n1. The van der Waals surface area contributed by atoms with Crippen molar-refractivity contribution in [1.82, 2.24) is 19.9 Å². The van der Waals surface area contributed by atoms with Crippen LogP contribution in [0.1, 0.15) is 17.4 Å². The molecule has 7 nitrogen and oxygen atoms in total. The van der Waals surface area contributed by atoms with E-state index < -0.39 is 0 Å². The Labute approximate surface area is 135 Å². The Hall–Kier alpha value is -2.25. The molecule has 3 rings (SSSR count). The zero-order chi connectivity index (χ0) is 16.1. The molecular formula is C16H21N5O2. The summed E-state index contributed by atoms with van der Waals surface area (Å²) in [5.41, 5.74) is 2.01. The second kappa shape index (κ2) is 7.34. The Morgan fingerprint density at radius 1 is 1.35 bits per heavy atom. The quantitative estimate of drug-likeness (QED) is 0.896. The predicted octanol–water partition coefficient (Wildman–Crippen LogP) is 1.50. The molecule has 122 valence electrons. The van der Waals surface area contributed by atoms with Gasteiger partial charge in [-0.1, -0.05) is 6.07 Å². The number of methoxy groups -OCH3 is 1. The van der Waals surface area contributed by atoms with Gasteiger partial charge in [-0.2, -0.15) is 0 Å². The van der Waals surface area contributed by atoms with Gasteiger partial charge in [0.2, 0.25) is 0 Å². The van der Waals surface area contributed by atoms with Gasteiger partial charge in [0.25, 0.3) is 0 Å². The molecule has 0 unspecified atom stereocenters. The summed E-state index contributed by atoms with van der Waals surface area (Å²) in [5, 5.41) is 3.06. The van der Waals surface area contributed by atoms with Gasteiger partial charge in [-0.15, -0.1) is 0 Å². The smallest absolute Gasteiger partial charge is 0.316 e. The Morgan fingerprint density at radius 3 is 2.91 bits per heavy atom. The third-order valence-corrected chi connectivity index (χ3v) is 3.78. The van der Waals surface area contributed by atoms with Crippen LogP contribution in [0.2, 0.25) is 0 Å². The largest absolute Gasteiger partial charge is 0.467 e. The van der Waals surface area contributed by atoms with Crippen molar-refractivity contribution in [2.45, 2.75) is 12.6 Å². The lowest BCUT2D eigenvalue weighted by Gasteiger charge is -2.32. The fraction of sp³-hybridized carbons (Fsp3) is 0.438. The van der Waals surface area contributed by atoms with Gasteiger partial charge in [0.15, 0.2) is 0 Å². The molecule has 0 aromatic carbocycles. The van der Waals surface area contributed by atoms with E-state index in [1.54, 1.807) is 19.5 Å². The Balaban J connectivity index is 1.65. The van der Waals surface area contributed by atoms with Crippen LogP contribution >= 0.6 is 0 Å². The fourth-order valence-corrected chi connectivity index (χ4v) is 2.58. The summed E-state index contributed by atoms with van der Waals surface area (Å²) in [6.45, 7) is 3.16. The number of rotatable bonds is 5. The summed E-state index contributed by atoms with van der Waals surface area (Å²) in [6, 6.07) is 6.33. The summed E-state index contributed by atoms with van der Waals surface area (Å²) < 4.78 is 10.9. The Kier molecular flexibility index (Phi) is 4.99. The third kappa shape index (κ3) is 3.94. The minimum atomic E-state index is -0.0174. The van der Waals surface area contributed by atoms with Crippen molar-refractivity contribution >= 4 is 5.82 Å². The minimum Gasteiger partial charge on any atom is -0.467 e. The van der Waals surface area contributed by atoms with Crippen LogP contribution < -0.4 is 10.1 Å². The van der Waals surface area contributed by atoms with E-state index in [1.165, 1.54) is 0 Å². The lowest BCUT2D eigenvalue weighted by molar-refractivity contribution is -0.0349. The molecule has 1 aliphatic rings. The molecule has 23 heavy (non-hydrogen) atoms. The molecule has 2 aromatic heterocycles. The molecule has 0 spiro atoms. The number of ether oxygens (including phenoxy) is 2. The first-order valence-electron chi connectivity index (χ1n) is 7.62. The molecule has 2 aromatic rings. The normalized spacial score (nSPS) is 18.6. The van der Waals surface area contributed by atoms with E-state index in [4.69, 9.17) is 9.47 Å². The Bertz CT molecular complexity index is 635. The monoisotopic (exact) mass is 315 g/mol. The molecule has 3 heterocycles. The average molecular weight is 315 g/mol. The maximum atomic E-state index is 5.88. The molecule has 1 fully saturated rings. The van der Waals surface area contributed by atoms with Crippen molar-refractivity contribution in [3.63, 3.8) is 0 Å². The molecular weight excluding hydrogens is 294 g/mol. The number of hydrogen-bond donors (Lipinski definition) is 1. The number of hydrogen-bond acceptors (Lipinski definition) is 7. The first-order valence-corrected chi connectivity index (χ1v) is 7.62. The fourth-order valence-electron chi connectivity index (χ4n) is 2.58. The van der Waals surface area contributed by atoms with Crippen molar-refractivity contribution in [2.24, 2.45) is 0 Å². The molecule has 0 radical (unpaired) electrons. The lowest BCUT2D eigenvalue weighted by atomic mass is 10.1. The summed E-state index contributed by atoms with van der Waals surface area (Å²) >= 11 is 0. The van der Waals surface area contributed by atoms with Gasteiger partial charge in [-0.05, 0) is 12.1 Å². The highest BCUT2D eigenvalue weighted by atomic mass is 16.5. The van der Waals surface area contributed by atoms with Crippen molar-refractivity contribution < 1.29 is 9.47 Å². The van der Waals surface area contributed by atoms with E-state index in [0.29, 0.717) is 12.6 Å². The van der Waals surface area contributed by atoms with Gasteiger partial charge in [-0.3, -0.25) is 4.90 Å². The first-order chi connectivity index (χ1) is 11.3. The zero-order valence-electron chi connectivity index (χ0n) is 13.4. The summed E-state index contributed by atoms with van der Waals surface area (Å²) in [6.07, 6.45) is 3.59. The molecule has 7 heteroatoms. The molecule has 0 saturated carbocycles. The number of pyridine rings is 1. The van der Waals surface area contributed by atoms with Crippen molar-refractivity contribution in [3.8, 4) is 6.01 Å². The van der Waals surface area contributed by atoms with E-state index in [9.17, 15) is 0 Å². The first kappa shape index (κ1) is 15.6. The van der Waals surface area contributed by atoms with Crippen molar-refractivity contribution in [3.05, 3.63) is 41.9 Å². The highest BCUT2D eigenvalue weighted by molar-refractivity contribution is 5.34. The van der Waals surface area contributed by atoms with Crippen LogP contribution in [0.4, 0.5) is 5.82 Å². The van der Waals surface area contributed by atoms with E-state index in [0.717, 1.165) is 36.7 Å². The number of aromatic nitrogens is 3. The van der Waals surface area contributed by atoms with Gasteiger partial charge in [0.1, 0.15) is 11.9 Å². The lowest BCUT2D eigenvalue weighted by Crippen LogP contribution is -2.38. The maximum Gasteiger partial charge on any atom is 0.316 e. The standard InChI is InChI=1S/C16H21N5O2/c1-17-15-5-3-4-13(20-15)14-11-21(6-7-23-14)10-12-8-18-16(22-2)19-9-12/h3-5,8-9,14H,6-7,10-11H2,1-2H3,(H,17,20)/t14-/m1/s1. The van der Waals surface area contributed by atoms with Crippen molar-refractivity contribution in [1.29, 1.82) is 0 Å². The minimum absolute atomic E-state index is 0.0174. The van der Waals surface area contributed by atoms with Crippen LogP contribution in [-0.4, -0.2) is 53.7 Å². The maximum absolute atomic E-state index is 5.88. The number of nitrogens with one attached hydrogen (secondary N) is 1. The van der Waals surface area contributed by atoms with Crippen LogP contribution in [0.25, 0.3) is 0 Å². The topological polar surface area (TPSA) is 72.4 Å². The number of anilines is 1. The summed E-state index contributed by atoms with van der Waals surface area (Å²) in [7, 11) is 3.43. The van der Waals surface area contributed by atoms with Gasteiger partial charge in [-0.25, -0.2) is 15.0 Å². The Morgan fingerprint density at radius 2 is 2.17 bits per heavy atom. The van der Waals surface area contributed by atoms with Gasteiger partial charge >= 0.3 is 6.01 Å². The van der Waals surface area contributed by atoms with E-state index in [2.05, 4.69) is 25.2 Å².